The Balaban J connectivity index is 2.91. The molecule has 12 heavy (non-hydrogen) atoms. The molecule has 1 aromatic heterocycles. The summed E-state index contributed by atoms with van der Waals surface area (Å²) in [7, 11) is 0. The number of hydrogen-bond acceptors (Lipinski definition) is 5. The van der Waals surface area contributed by atoms with Gasteiger partial charge in [-0.2, -0.15) is 0 Å². The molecule has 0 saturated carbocycles. The number of nitrogens with one attached hydrogen (secondary N) is 1. The standard InChI is InChI=1S/C5H6N4O3/c1-2(10)7-5-3(4(6)11)8-12-9-5/h1H3,(H2,6,11)(H,7,9,10). The first-order chi connectivity index (χ1) is 5.61. The minimum Gasteiger partial charge on any atom is -0.364 e. The monoisotopic (exact) mass is 170 g/mol. The van der Waals surface area contributed by atoms with Gasteiger partial charge in [-0.25, -0.2) is 4.63 Å². The molecule has 0 bridgehead atoms. The molecule has 0 aromatic carbocycles. The first kappa shape index (κ1) is 8.18. The molecule has 1 aromatic rings. The van der Waals surface area contributed by atoms with Crippen LogP contribution in [0.2, 0.25) is 0 Å². The summed E-state index contributed by atoms with van der Waals surface area (Å²) in [6.45, 7) is 1.26. The molecule has 2 amide bonds. The molecule has 0 fully saturated rings. The Bertz CT molecular complexity index is 318. The van der Waals surface area contributed by atoms with Crippen molar-refractivity contribution in [1.29, 1.82) is 0 Å². The van der Waals surface area contributed by atoms with Gasteiger partial charge < -0.3 is 11.1 Å². The van der Waals surface area contributed by atoms with Crippen LogP contribution in [-0.2, 0) is 4.79 Å². The van der Waals surface area contributed by atoms with Crippen LogP contribution in [0.3, 0.4) is 0 Å². The number of aromatic nitrogens is 2. The van der Waals surface area contributed by atoms with Crippen molar-refractivity contribution in [2.75, 3.05) is 5.32 Å². The van der Waals surface area contributed by atoms with E-state index in [1.807, 2.05) is 0 Å². The van der Waals surface area contributed by atoms with Crippen LogP contribution < -0.4 is 11.1 Å². The van der Waals surface area contributed by atoms with Gasteiger partial charge in [0.05, 0.1) is 0 Å². The maximum atomic E-state index is 10.6. The Morgan fingerprint density at radius 1 is 1.50 bits per heavy atom. The maximum absolute atomic E-state index is 10.6. The minimum atomic E-state index is -0.806. The van der Waals surface area contributed by atoms with Crippen molar-refractivity contribution in [3.8, 4) is 0 Å². The normalized spacial score (nSPS) is 9.42. The summed E-state index contributed by atoms with van der Waals surface area (Å²) < 4.78 is 4.19. The van der Waals surface area contributed by atoms with Gasteiger partial charge in [-0.15, -0.1) is 0 Å². The zero-order valence-electron chi connectivity index (χ0n) is 6.20. The highest BCUT2D eigenvalue weighted by molar-refractivity contribution is 5.99. The zero-order valence-corrected chi connectivity index (χ0v) is 6.20. The molecule has 7 nitrogen and oxygen atoms in total. The van der Waals surface area contributed by atoms with Gasteiger partial charge >= 0.3 is 0 Å². The average molecular weight is 170 g/mol. The quantitative estimate of drug-likeness (QED) is 0.599. The van der Waals surface area contributed by atoms with Gasteiger partial charge in [0.2, 0.25) is 17.4 Å². The number of amides is 2. The lowest BCUT2D eigenvalue weighted by Gasteiger charge is -1.93. The molecule has 1 heterocycles. The van der Waals surface area contributed by atoms with Crippen molar-refractivity contribution >= 4 is 17.6 Å². The van der Waals surface area contributed by atoms with Crippen LogP contribution in [0.5, 0.6) is 0 Å². The van der Waals surface area contributed by atoms with Gasteiger partial charge in [-0.05, 0) is 10.3 Å². The van der Waals surface area contributed by atoms with E-state index in [1.165, 1.54) is 6.92 Å². The molecule has 0 aliphatic heterocycles. The number of rotatable bonds is 2. The zero-order chi connectivity index (χ0) is 9.14. The first-order valence-corrected chi connectivity index (χ1v) is 3.01. The van der Waals surface area contributed by atoms with Gasteiger partial charge in [-0.1, -0.05) is 0 Å². The third-order valence-corrected chi connectivity index (χ3v) is 1.02. The highest BCUT2D eigenvalue weighted by Gasteiger charge is 2.15. The Morgan fingerprint density at radius 2 is 2.17 bits per heavy atom. The van der Waals surface area contributed by atoms with Crippen molar-refractivity contribution in [2.45, 2.75) is 6.92 Å². The number of primary amides is 1. The van der Waals surface area contributed by atoms with Crippen LogP contribution in [0.4, 0.5) is 5.82 Å². The average Bonchev–Trinajstić information content (AvgIpc) is 2.33. The first-order valence-electron chi connectivity index (χ1n) is 3.01. The predicted molar refractivity (Wildman–Crippen MR) is 37.1 cm³/mol. The minimum absolute atomic E-state index is 0.0602. The number of carbonyl (C=O) groups excluding carboxylic acids is 2. The van der Waals surface area contributed by atoms with Gasteiger partial charge in [-0.3, -0.25) is 9.59 Å². The summed E-state index contributed by atoms with van der Waals surface area (Å²) in [5.41, 5.74) is 4.69. The van der Waals surface area contributed by atoms with E-state index in [2.05, 4.69) is 20.3 Å². The third kappa shape index (κ3) is 1.57. The predicted octanol–water partition coefficient (Wildman–Crippen LogP) is -0.873. The van der Waals surface area contributed by atoms with E-state index >= 15 is 0 Å². The highest BCUT2D eigenvalue weighted by Crippen LogP contribution is 2.07. The van der Waals surface area contributed by atoms with Crippen molar-refractivity contribution in [1.82, 2.24) is 10.3 Å². The molecule has 0 spiro atoms. The van der Waals surface area contributed by atoms with Crippen LogP contribution in [0, 0.1) is 0 Å². The number of nitrogens with zero attached hydrogens (tertiary/aromatic N) is 2. The molecule has 0 aliphatic rings. The van der Waals surface area contributed by atoms with E-state index < -0.39 is 5.91 Å². The second kappa shape index (κ2) is 2.99. The summed E-state index contributed by atoms with van der Waals surface area (Å²) in [6, 6.07) is 0. The lowest BCUT2D eigenvalue weighted by Crippen LogP contribution is -2.16. The molecular weight excluding hydrogens is 164 g/mol. The summed E-state index contributed by atoms with van der Waals surface area (Å²) in [5.74, 6) is -1.25. The SMILES string of the molecule is CC(=O)Nc1nonc1C(N)=O. The molecular formula is C5H6N4O3. The lowest BCUT2D eigenvalue weighted by atomic mass is 10.4. The van der Waals surface area contributed by atoms with E-state index in [1.54, 1.807) is 0 Å². The number of anilines is 1. The maximum Gasteiger partial charge on any atom is 0.274 e. The van der Waals surface area contributed by atoms with Crippen molar-refractivity contribution < 1.29 is 14.2 Å². The van der Waals surface area contributed by atoms with Crippen LogP contribution >= 0.6 is 0 Å². The van der Waals surface area contributed by atoms with E-state index in [9.17, 15) is 9.59 Å². The summed E-state index contributed by atoms with van der Waals surface area (Å²) >= 11 is 0. The van der Waals surface area contributed by atoms with Gasteiger partial charge in [0.15, 0.2) is 0 Å². The largest absolute Gasteiger partial charge is 0.364 e. The van der Waals surface area contributed by atoms with Gasteiger partial charge in [0, 0.05) is 6.92 Å². The highest BCUT2D eigenvalue weighted by atomic mass is 16.6. The van der Waals surface area contributed by atoms with E-state index in [0.29, 0.717) is 0 Å². The molecule has 0 atom stereocenters. The van der Waals surface area contributed by atoms with Crippen molar-refractivity contribution in [2.24, 2.45) is 5.73 Å². The molecule has 0 radical (unpaired) electrons. The fourth-order valence-corrected chi connectivity index (χ4v) is 0.599. The summed E-state index contributed by atoms with van der Waals surface area (Å²) in [6.07, 6.45) is 0. The lowest BCUT2D eigenvalue weighted by molar-refractivity contribution is -0.114. The van der Waals surface area contributed by atoms with E-state index in [4.69, 9.17) is 5.73 Å². The van der Waals surface area contributed by atoms with E-state index in [-0.39, 0.29) is 17.4 Å². The number of hydrogen-bond donors (Lipinski definition) is 2. The number of carbonyl (C=O) groups is 2. The Kier molecular flexibility index (Phi) is 2.04. The fourth-order valence-electron chi connectivity index (χ4n) is 0.599. The van der Waals surface area contributed by atoms with Gasteiger partial charge in [0.1, 0.15) is 0 Å². The van der Waals surface area contributed by atoms with Crippen LogP contribution in [-0.4, -0.2) is 22.1 Å². The summed E-state index contributed by atoms with van der Waals surface area (Å²) in [5, 5.41) is 8.68. The summed E-state index contributed by atoms with van der Waals surface area (Å²) in [4.78, 5) is 21.1. The molecule has 0 aliphatic carbocycles. The van der Waals surface area contributed by atoms with Gasteiger partial charge in [0.25, 0.3) is 5.91 Å². The molecule has 1 rings (SSSR count). The molecule has 7 heteroatoms. The van der Waals surface area contributed by atoms with Crippen molar-refractivity contribution in [3.05, 3.63) is 5.69 Å². The van der Waals surface area contributed by atoms with E-state index in [0.717, 1.165) is 0 Å². The van der Waals surface area contributed by atoms with Crippen LogP contribution in [0.15, 0.2) is 4.63 Å². The second-order valence-corrected chi connectivity index (χ2v) is 2.01. The molecule has 0 saturated heterocycles. The molecule has 64 valence electrons. The fraction of sp³-hybridized carbons (Fsp3) is 0.200. The smallest absolute Gasteiger partial charge is 0.274 e. The molecule has 3 N–H and O–H groups in total. The Labute approximate surface area is 66.9 Å². The second-order valence-electron chi connectivity index (χ2n) is 2.01. The van der Waals surface area contributed by atoms with Crippen molar-refractivity contribution in [3.63, 3.8) is 0 Å². The number of nitrogens with two attached hydrogens (primary N) is 1. The topological polar surface area (TPSA) is 111 Å². The Morgan fingerprint density at radius 3 is 2.67 bits per heavy atom. The molecule has 0 unspecified atom stereocenters. The Hall–Kier alpha value is -1.92. The van der Waals surface area contributed by atoms with Crippen LogP contribution in [0.25, 0.3) is 0 Å². The third-order valence-electron chi connectivity index (χ3n) is 1.02. The van der Waals surface area contributed by atoms with Crippen LogP contribution in [0.1, 0.15) is 17.4 Å².